The second kappa shape index (κ2) is 40.0. The SMILES string of the molecule is CO[C@@H]1C(CO)O[C@H](O[C@H]2C(CO)O[C@@H](O[C@@H]3C(CO)O[C@@H](O)[C@@H](O)C3O)[C@@H](O)C2O[C@@H]2OC(CO)[C@@H](O)C(O)[C@@H]2O)C(O)[C@H]1O[C@@H]1OC(CO)[C@@H](O[C@@H]2OC(CO)[C@H](O)C(O[C@@]3(C(=O)O)C[C@@H](O)[C@H](NC(C)=O)C(C(O)CNC(=O)CCCCCNC(=O)C4(F)C#CCCCCC4)O3)[C@@H]2O)C(O)[C@@H]1NC(C)=O. The maximum Gasteiger partial charge on any atom is 0.364 e. The van der Waals surface area contributed by atoms with Gasteiger partial charge in [0, 0.05) is 59.7 Å². The number of aliphatic hydroxyl groups is 19. The summed E-state index contributed by atoms with van der Waals surface area (Å²) in [5, 5.41) is 231. The number of amides is 4. The summed E-state index contributed by atoms with van der Waals surface area (Å²) >= 11 is 0. The van der Waals surface area contributed by atoms with Crippen molar-refractivity contribution in [2.24, 2.45) is 0 Å². The molecule has 7 aliphatic heterocycles. The van der Waals surface area contributed by atoms with E-state index < -0.39 is 302 Å². The van der Waals surface area contributed by atoms with Gasteiger partial charge in [0.1, 0.15) is 153 Å². The molecular formula is C64H103FN4O39. The van der Waals surface area contributed by atoms with Crippen LogP contribution in [-0.2, 0) is 90.3 Å². The Bertz CT molecular complexity index is 2950. The number of nitrogens with one attached hydrogen (secondary N) is 4. The van der Waals surface area contributed by atoms with E-state index in [1.165, 1.54) is 0 Å². The smallest absolute Gasteiger partial charge is 0.364 e. The molecule has 36 atom stereocenters. The van der Waals surface area contributed by atoms with Crippen molar-refractivity contribution < 1.29 is 197 Å². The molecule has 24 N–H and O–H groups in total. The standard InChI is InChI=1S/C64H103FN4O39/c1-24(76)68-35-26(78)16-64(62(93)94,107-47(35)27(79)17-67-34(80)12-8-7-11-15-66-61(92)63(65)13-9-5-4-6-10-14-63)108-52-38(82)29(19-71)98-58(44(52)88)102-48-31(21-73)99-56(36(39(48)83)69-25(2)77)105-53-45(89)60(100-32(22-74)50(53)95-3)104-51-33(23-75)101-59(103-49-30(20-72)96-55(91)42(86)41(49)85)46(90)54(51)106-57-43(87)40(84)37(81)28(18-70)97-57/h26-33,35-60,70-75,78-79,81-91H,4-9,11-13,15-23H2,1-3H3,(H,66,92)(H,67,80)(H,68,76)(H,69,77)(H,93,94)/t26-,27?,28?,29?,30?,31?,32?,33?,35+,36+,37-,38+,39?,40?,41?,42+,43+,44+,45?,46+,47?,48-,49-,50-,51+,52?,53-,54?,55-,56+,57+,58+,59+,60-,63?,64-/m1/s1. The highest BCUT2D eigenvalue weighted by Crippen LogP contribution is 2.41. The van der Waals surface area contributed by atoms with Gasteiger partial charge in [-0.2, -0.15) is 0 Å². The Morgan fingerprint density at radius 1 is 0.509 bits per heavy atom. The van der Waals surface area contributed by atoms with E-state index in [2.05, 4.69) is 33.1 Å². The summed E-state index contributed by atoms with van der Waals surface area (Å²) in [4.78, 5) is 64.7. The normalized spacial score (nSPS) is 44.1. The molecule has 8 aliphatic rings. The topological polar surface area (TPSA) is 667 Å². The fourth-order valence-corrected chi connectivity index (χ4v) is 14.0. The van der Waals surface area contributed by atoms with E-state index in [4.69, 9.17) is 66.3 Å². The third kappa shape index (κ3) is 20.7. The highest BCUT2D eigenvalue weighted by atomic mass is 19.1. The number of ether oxygens (including phenoxy) is 14. The van der Waals surface area contributed by atoms with Gasteiger partial charge in [-0.3, -0.25) is 19.2 Å². The molecule has 7 heterocycles. The molecule has 15 unspecified atom stereocenters. The lowest BCUT2D eigenvalue weighted by molar-refractivity contribution is -0.405. The van der Waals surface area contributed by atoms with Crippen LogP contribution >= 0.6 is 0 Å². The summed E-state index contributed by atoms with van der Waals surface area (Å²) < 4.78 is 97.3. The number of aliphatic carboxylic acids is 1. The average Bonchev–Trinajstić information content (AvgIpc) is 0.758. The number of methoxy groups -OCH3 is 1. The van der Waals surface area contributed by atoms with Crippen LogP contribution in [0.4, 0.5) is 4.39 Å². The molecule has 0 radical (unpaired) electrons. The number of aliphatic hydroxyl groups excluding tert-OH is 19. The van der Waals surface area contributed by atoms with Crippen molar-refractivity contribution in [2.45, 2.75) is 298 Å². The fourth-order valence-electron chi connectivity index (χ4n) is 14.0. The molecular weight excluding hydrogens is 1470 g/mol. The molecule has 0 saturated carbocycles. The van der Waals surface area contributed by atoms with Crippen molar-refractivity contribution in [3.8, 4) is 11.8 Å². The van der Waals surface area contributed by atoms with Gasteiger partial charge in [-0.15, -0.1) is 0 Å². The minimum absolute atomic E-state index is 0.0419. The number of alkyl halides is 1. The number of halogens is 1. The van der Waals surface area contributed by atoms with E-state index in [1.807, 2.05) is 0 Å². The van der Waals surface area contributed by atoms with Crippen molar-refractivity contribution in [3.05, 3.63) is 0 Å². The van der Waals surface area contributed by atoms with E-state index in [1.54, 1.807) is 0 Å². The van der Waals surface area contributed by atoms with Crippen LogP contribution in [0.1, 0.15) is 78.1 Å². The van der Waals surface area contributed by atoms with E-state index >= 15 is 4.39 Å². The Kier molecular flexibility index (Phi) is 33.0. The number of unbranched alkanes of at least 4 members (excludes halogenated alkanes) is 2. The first-order valence-electron chi connectivity index (χ1n) is 35.4. The lowest BCUT2D eigenvalue weighted by atomic mass is 9.89. The summed E-state index contributed by atoms with van der Waals surface area (Å²) in [6.07, 6.45) is -63.6. The van der Waals surface area contributed by atoms with E-state index in [0.29, 0.717) is 25.7 Å². The van der Waals surface area contributed by atoms with Gasteiger partial charge in [-0.25, -0.2) is 9.18 Å². The number of carbonyl (C=O) groups excluding carboxylic acids is 4. The fraction of sp³-hybridized carbons (Fsp3) is 0.891. The molecule has 7 fully saturated rings. The molecule has 43 nitrogen and oxygen atoms in total. The largest absolute Gasteiger partial charge is 0.477 e. The molecule has 620 valence electrons. The van der Waals surface area contributed by atoms with Crippen LogP contribution in [0, 0.1) is 11.8 Å². The van der Waals surface area contributed by atoms with Crippen LogP contribution in [0.25, 0.3) is 0 Å². The van der Waals surface area contributed by atoms with Crippen molar-refractivity contribution in [2.75, 3.05) is 59.8 Å². The number of hydrogen-bond donors (Lipinski definition) is 24. The summed E-state index contributed by atoms with van der Waals surface area (Å²) in [5.74, 6) is -3.43. The van der Waals surface area contributed by atoms with Gasteiger partial charge >= 0.3 is 5.97 Å². The first-order chi connectivity index (χ1) is 51.2. The van der Waals surface area contributed by atoms with Gasteiger partial charge < -0.3 is 190 Å². The maximum atomic E-state index is 15.3. The van der Waals surface area contributed by atoms with Gasteiger partial charge in [-0.1, -0.05) is 24.7 Å². The van der Waals surface area contributed by atoms with Crippen LogP contribution in [-0.4, -0.2) is 412 Å². The molecule has 1 aliphatic carbocycles. The highest BCUT2D eigenvalue weighted by molar-refractivity contribution is 5.88. The Labute approximate surface area is 615 Å². The minimum Gasteiger partial charge on any atom is -0.477 e. The van der Waals surface area contributed by atoms with Crippen LogP contribution < -0.4 is 21.3 Å². The monoisotopic (exact) mass is 1570 g/mol. The van der Waals surface area contributed by atoms with E-state index in [9.17, 15) is 126 Å². The van der Waals surface area contributed by atoms with Crippen molar-refractivity contribution >= 4 is 29.6 Å². The van der Waals surface area contributed by atoms with E-state index in [-0.39, 0.29) is 25.8 Å². The summed E-state index contributed by atoms with van der Waals surface area (Å²) in [7, 11) is 1.05. The molecule has 108 heavy (non-hydrogen) atoms. The predicted octanol–water partition coefficient (Wildman–Crippen LogP) is -13.0. The van der Waals surface area contributed by atoms with Crippen LogP contribution in [0.15, 0.2) is 0 Å². The maximum absolute atomic E-state index is 15.3. The lowest BCUT2D eigenvalue weighted by Crippen LogP contribution is -2.71. The molecule has 4 amide bonds. The van der Waals surface area contributed by atoms with Gasteiger partial charge in [0.05, 0.1) is 57.9 Å². The van der Waals surface area contributed by atoms with E-state index in [0.717, 1.165) is 33.8 Å². The lowest BCUT2D eigenvalue weighted by Gasteiger charge is -2.52. The molecule has 0 aromatic heterocycles. The number of carboxylic acids is 1. The summed E-state index contributed by atoms with van der Waals surface area (Å²) in [6, 6.07) is -3.58. The van der Waals surface area contributed by atoms with Crippen molar-refractivity contribution in [1.82, 2.24) is 21.3 Å². The Hall–Kier alpha value is -4.48. The third-order valence-corrected chi connectivity index (χ3v) is 19.9. The number of hydrogen-bond acceptors (Lipinski definition) is 38. The number of carboxylic acid groups (broad SMARTS) is 1. The van der Waals surface area contributed by atoms with Crippen LogP contribution in [0.2, 0.25) is 0 Å². The molecule has 0 aromatic rings. The zero-order chi connectivity index (χ0) is 79.4. The zero-order valence-electron chi connectivity index (χ0n) is 58.9. The minimum atomic E-state index is -3.22. The number of rotatable bonds is 32. The molecule has 0 bridgehead atoms. The first-order valence-corrected chi connectivity index (χ1v) is 35.4. The quantitative estimate of drug-likeness (QED) is 0.0220. The average molecular weight is 1570 g/mol. The Balaban J connectivity index is 0.981. The third-order valence-electron chi connectivity index (χ3n) is 19.9. The Morgan fingerprint density at radius 3 is 1.58 bits per heavy atom. The molecule has 7 saturated heterocycles. The molecule has 0 spiro atoms. The summed E-state index contributed by atoms with van der Waals surface area (Å²) in [6.45, 7) is -5.19. The number of carbonyl (C=O) groups is 5. The second-order valence-electron chi connectivity index (χ2n) is 27.5. The second-order valence-corrected chi connectivity index (χ2v) is 27.5. The molecule has 44 heteroatoms. The van der Waals surface area contributed by atoms with Gasteiger partial charge in [0.15, 0.2) is 37.7 Å². The highest BCUT2D eigenvalue weighted by Gasteiger charge is 2.62. The van der Waals surface area contributed by atoms with Crippen LogP contribution in [0.3, 0.4) is 0 Å². The molecule has 8 rings (SSSR count). The van der Waals surface area contributed by atoms with Gasteiger partial charge in [0.2, 0.25) is 23.4 Å². The zero-order valence-corrected chi connectivity index (χ0v) is 58.9. The van der Waals surface area contributed by atoms with Crippen molar-refractivity contribution in [3.63, 3.8) is 0 Å². The van der Waals surface area contributed by atoms with Gasteiger partial charge in [-0.05, 0) is 25.7 Å². The van der Waals surface area contributed by atoms with Crippen molar-refractivity contribution in [1.29, 1.82) is 0 Å². The summed E-state index contributed by atoms with van der Waals surface area (Å²) in [5.41, 5.74) is -2.32. The van der Waals surface area contributed by atoms with Crippen LogP contribution in [0.5, 0.6) is 0 Å². The Morgan fingerprint density at radius 2 is 1.00 bits per heavy atom. The van der Waals surface area contributed by atoms with Gasteiger partial charge in [0.25, 0.3) is 11.7 Å². The predicted molar refractivity (Wildman–Crippen MR) is 343 cm³/mol. The first kappa shape index (κ1) is 89.1. The molecule has 0 aromatic carbocycles.